The van der Waals surface area contributed by atoms with E-state index in [4.69, 9.17) is 26.0 Å². The number of halogens is 1. The number of hydrogen-bond donors (Lipinski definition) is 1. The smallest absolute Gasteiger partial charge is 0.302 e. The number of rotatable bonds is 6. The van der Waals surface area contributed by atoms with Gasteiger partial charge in [-0.2, -0.15) is 5.26 Å². The van der Waals surface area contributed by atoms with Crippen LogP contribution in [0.1, 0.15) is 36.9 Å². The first-order valence-corrected chi connectivity index (χ1v) is 9.30. The van der Waals surface area contributed by atoms with Crippen molar-refractivity contribution >= 4 is 23.3 Å². The van der Waals surface area contributed by atoms with Gasteiger partial charge in [-0.05, 0) is 43.7 Å². The molecule has 0 saturated heterocycles. The Balaban J connectivity index is 1.96. The zero-order valence-corrected chi connectivity index (χ0v) is 16.9. The van der Waals surface area contributed by atoms with Gasteiger partial charge in [-0.25, -0.2) is 0 Å². The van der Waals surface area contributed by atoms with Crippen LogP contribution in [0.3, 0.4) is 0 Å². The minimum atomic E-state index is -0.619. The molecule has 0 fully saturated rings. The standard InChI is InChI=1S/C21H19ClN4O3/c1-12-17(10-9-16(11-23)18(12)22)24-19(13(2)28-14(3)27)21-26-25-20(29-21)15-7-5-4-6-8-15/h4-10,13,19,24H,1-3H3/t13-,19+/m1/s1. The molecule has 0 amide bonds. The Labute approximate surface area is 173 Å². The molecule has 148 valence electrons. The highest BCUT2D eigenvalue weighted by Gasteiger charge is 2.28. The fourth-order valence-corrected chi connectivity index (χ4v) is 3.07. The maximum Gasteiger partial charge on any atom is 0.302 e. The van der Waals surface area contributed by atoms with Crippen LogP contribution in [0.2, 0.25) is 5.02 Å². The molecule has 3 aromatic rings. The van der Waals surface area contributed by atoms with Gasteiger partial charge in [-0.3, -0.25) is 4.79 Å². The van der Waals surface area contributed by atoms with Gasteiger partial charge in [0.1, 0.15) is 18.2 Å². The number of esters is 1. The van der Waals surface area contributed by atoms with E-state index < -0.39 is 18.1 Å². The zero-order valence-electron chi connectivity index (χ0n) is 16.1. The van der Waals surface area contributed by atoms with E-state index in [0.29, 0.717) is 27.7 Å². The van der Waals surface area contributed by atoms with Crippen molar-refractivity contribution < 1.29 is 13.9 Å². The van der Waals surface area contributed by atoms with E-state index >= 15 is 0 Å². The summed E-state index contributed by atoms with van der Waals surface area (Å²) in [5.41, 5.74) is 2.51. The Kier molecular flexibility index (Phi) is 6.15. The summed E-state index contributed by atoms with van der Waals surface area (Å²) in [4.78, 5) is 11.5. The van der Waals surface area contributed by atoms with E-state index in [0.717, 1.165) is 5.56 Å². The molecule has 2 aromatic carbocycles. The second kappa shape index (κ2) is 8.76. The highest BCUT2D eigenvalue weighted by molar-refractivity contribution is 6.32. The molecule has 0 radical (unpaired) electrons. The van der Waals surface area contributed by atoms with E-state index in [9.17, 15) is 4.79 Å². The van der Waals surface area contributed by atoms with Crippen molar-refractivity contribution in [3.63, 3.8) is 0 Å². The van der Waals surface area contributed by atoms with Crippen LogP contribution >= 0.6 is 11.6 Å². The van der Waals surface area contributed by atoms with E-state index in [2.05, 4.69) is 15.5 Å². The second-order valence-corrected chi connectivity index (χ2v) is 6.84. The van der Waals surface area contributed by atoms with Crippen molar-refractivity contribution in [2.75, 3.05) is 5.32 Å². The number of aromatic nitrogens is 2. The van der Waals surface area contributed by atoms with Crippen LogP contribution in [0, 0.1) is 18.3 Å². The molecule has 2 atom stereocenters. The molecule has 0 unspecified atom stereocenters. The molecule has 1 heterocycles. The fraction of sp³-hybridized carbons (Fsp3) is 0.238. The summed E-state index contributed by atoms with van der Waals surface area (Å²) in [6.07, 6.45) is -0.606. The minimum Gasteiger partial charge on any atom is -0.460 e. The van der Waals surface area contributed by atoms with Crippen molar-refractivity contribution in [2.45, 2.75) is 32.9 Å². The molecule has 0 spiro atoms. The third-order valence-electron chi connectivity index (χ3n) is 4.37. The van der Waals surface area contributed by atoms with Gasteiger partial charge in [0.2, 0.25) is 11.8 Å². The molecule has 0 bridgehead atoms. The second-order valence-electron chi connectivity index (χ2n) is 6.46. The van der Waals surface area contributed by atoms with Crippen molar-refractivity contribution in [3.8, 4) is 17.5 Å². The highest BCUT2D eigenvalue weighted by atomic mass is 35.5. The molecular weight excluding hydrogens is 392 g/mol. The fourth-order valence-electron chi connectivity index (χ4n) is 2.86. The van der Waals surface area contributed by atoms with Crippen LogP contribution in [0.4, 0.5) is 5.69 Å². The summed E-state index contributed by atoms with van der Waals surface area (Å²) in [6.45, 7) is 4.86. The number of hydrogen-bond acceptors (Lipinski definition) is 7. The topological polar surface area (TPSA) is 101 Å². The molecule has 0 aliphatic heterocycles. The molecule has 0 aliphatic rings. The maximum absolute atomic E-state index is 11.5. The summed E-state index contributed by atoms with van der Waals surface area (Å²) in [5, 5.41) is 21.0. The average Bonchev–Trinajstić information content (AvgIpc) is 3.19. The van der Waals surface area contributed by atoms with Crippen LogP contribution in [0.15, 0.2) is 46.9 Å². The van der Waals surface area contributed by atoms with Gasteiger partial charge in [-0.1, -0.05) is 29.8 Å². The molecule has 0 aliphatic carbocycles. The minimum absolute atomic E-state index is 0.262. The van der Waals surface area contributed by atoms with Crippen LogP contribution in [-0.2, 0) is 9.53 Å². The Morgan fingerprint density at radius 2 is 1.97 bits per heavy atom. The van der Waals surface area contributed by atoms with Crippen LogP contribution in [-0.4, -0.2) is 22.3 Å². The predicted molar refractivity (Wildman–Crippen MR) is 108 cm³/mol. The Morgan fingerprint density at radius 1 is 1.24 bits per heavy atom. The number of carbonyl (C=O) groups excluding carboxylic acids is 1. The van der Waals surface area contributed by atoms with E-state index in [1.54, 1.807) is 26.0 Å². The molecule has 0 saturated carbocycles. The molecule has 8 heteroatoms. The normalized spacial score (nSPS) is 12.7. The van der Waals surface area contributed by atoms with E-state index in [1.807, 2.05) is 36.4 Å². The largest absolute Gasteiger partial charge is 0.460 e. The van der Waals surface area contributed by atoms with Crippen LogP contribution in [0.25, 0.3) is 11.5 Å². The Hall–Kier alpha value is -3.37. The third-order valence-corrected chi connectivity index (χ3v) is 4.85. The molecular formula is C21H19ClN4O3. The predicted octanol–water partition coefficient (Wildman–Crippen LogP) is 4.67. The zero-order chi connectivity index (χ0) is 21.0. The van der Waals surface area contributed by atoms with Gasteiger partial charge in [0.25, 0.3) is 0 Å². The van der Waals surface area contributed by atoms with Gasteiger partial charge in [0.15, 0.2) is 0 Å². The van der Waals surface area contributed by atoms with Gasteiger partial charge in [-0.15, -0.1) is 10.2 Å². The quantitative estimate of drug-likeness (QED) is 0.589. The lowest BCUT2D eigenvalue weighted by Crippen LogP contribution is -2.28. The molecule has 1 N–H and O–H groups in total. The Bertz CT molecular complexity index is 1060. The average molecular weight is 411 g/mol. The monoisotopic (exact) mass is 410 g/mol. The SMILES string of the molecule is CC(=O)O[C@H](C)[C@H](Nc1ccc(C#N)c(Cl)c1C)c1nnc(-c2ccccc2)o1. The van der Waals surface area contributed by atoms with Crippen molar-refractivity contribution in [1.29, 1.82) is 5.26 Å². The summed E-state index contributed by atoms with van der Waals surface area (Å²) in [7, 11) is 0. The summed E-state index contributed by atoms with van der Waals surface area (Å²) in [6, 6.07) is 14.2. The first kappa shape index (κ1) is 20.4. The molecule has 7 nitrogen and oxygen atoms in total. The van der Waals surface area contributed by atoms with Gasteiger partial charge >= 0.3 is 5.97 Å². The molecule has 1 aromatic heterocycles. The third kappa shape index (κ3) is 4.55. The number of nitrogens with one attached hydrogen (secondary N) is 1. The maximum atomic E-state index is 11.5. The lowest BCUT2D eigenvalue weighted by atomic mass is 10.1. The van der Waals surface area contributed by atoms with Crippen LogP contribution in [0.5, 0.6) is 0 Å². The Morgan fingerprint density at radius 3 is 2.62 bits per heavy atom. The van der Waals surface area contributed by atoms with E-state index in [1.165, 1.54) is 6.92 Å². The molecule has 29 heavy (non-hydrogen) atoms. The number of nitrogens with zero attached hydrogens (tertiary/aromatic N) is 3. The number of anilines is 1. The van der Waals surface area contributed by atoms with Gasteiger partial charge < -0.3 is 14.5 Å². The summed E-state index contributed by atoms with van der Waals surface area (Å²) in [5.74, 6) is 0.191. The summed E-state index contributed by atoms with van der Waals surface area (Å²) >= 11 is 6.28. The van der Waals surface area contributed by atoms with Crippen LogP contribution < -0.4 is 5.32 Å². The first-order valence-electron chi connectivity index (χ1n) is 8.92. The van der Waals surface area contributed by atoms with E-state index in [-0.39, 0.29) is 5.89 Å². The number of ether oxygens (including phenoxy) is 1. The number of benzene rings is 2. The van der Waals surface area contributed by atoms with Crippen molar-refractivity contribution in [3.05, 3.63) is 64.5 Å². The number of nitriles is 1. The van der Waals surface area contributed by atoms with Crippen molar-refractivity contribution in [2.24, 2.45) is 0 Å². The number of carbonyl (C=O) groups is 1. The first-order chi connectivity index (χ1) is 13.9. The lowest BCUT2D eigenvalue weighted by Gasteiger charge is -2.24. The van der Waals surface area contributed by atoms with Gasteiger partial charge in [0, 0.05) is 18.2 Å². The summed E-state index contributed by atoms with van der Waals surface area (Å²) < 4.78 is 11.2. The van der Waals surface area contributed by atoms with Crippen molar-refractivity contribution in [1.82, 2.24) is 10.2 Å². The lowest BCUT2D eigenvalue weighted by molar-refractivity contribution is -0.146. The van der Waals surface area contributed by atoms with Gasteiger partial charge in [0.05, 0.1) is 10.6 Å². The highest BCUT2D eigenvalue weighted by Crippen LogP contribution is 2.32. The molecule has 3 rings (SSSR count).